The van der Waals surface area contributed by atoms with Gasteiger partial charge in [0.25, 0.3) is 0 Å². The lowest BCUT2D eigenvalue weighted by Crippen LogP contribution is -2.33. The first-order chi connectivity index (χ1) is 9.99. The summed E-state index contributed by atoms with van der Waals surface area (Å²) in [6, 6.07) is 4.03. The van der Waals surface area contributed by atoms with Crippen molar-refractivity contribution in [1.82, 2.24) is 4.90 Å². The molecule has 2 amide bonds. The summed E-state index contributed by atoms with van der Waals surface area (Å²) in [5.74, 6) is 0.0174. The molecule has 1 aromatic rings. The topological polar surface area (TPSA) is 61.8 Å². The summed E-state index contributed by atoms with van der Waals surface area (Å²) < 4.78 is 19.3. The molecule has 21 heavy (non-hydrogen) atoms. The maximum Gasteiger partial charge on any atom is 0.321 e. The van der Waals surface area contributed by atoms with Gasteiger partial charge in [-0.2, -0.15) is 0 Å². The van der Waals surface area contributed by atoms with E-state index in [0.29, 0.717) is 18.8 Å². The van der Waals surface area contributed by atoms with Gasteiger partial charge in [0, 0.05) is 31.7 Å². The van der Waals surface area contributed by atoms with Crippen molar-refractivity contribution in [2.24, 2.45) is 5.92 Å². The number of rotatable bonds is 4. The SMILES string of the molecule is CC(C)Oc1ccc(NC(=O)N2CCC(CO)C2)c(F)c1. The number of nitrogens with zero attached hydrogens (tertiary/aromatic N) is 1. The Morgan fingerprint density at radius 2 is 2.33 bits per heavy atom. The number of hydrogen-bond donors (Lipinski definition) is 2. The summed E-state index contributed by atoms with van der Waals surface area (Å²) >= 11 is 0. The van der Waals surface area contributed by atoms with Gasteiger partial charge >= 0.3 is 6.03 Å². The van der Waals surface area contributed by atoms with Crippen LogP contribution in [0.3, 0.4) is 0 Å². The zero-order chi connectivity index (χ0) is 15.4. The smallest absolute Gasteiger partial charge is 0.321 e. The van der Waals surface area contributed by atoms with Gasteiger partial charge < -0.3 is 20.1 Å². The molecule has 2 rings (SSSR count). The number of anilines is 1. The maximum atomic E-state index is 13.9. The van der Waals surface area contributed by atoms with Gasteiger partial charge in [0.2, 0.25) is 0 Å². The van der Waals surface area contributed by atoms with Crippen LogP contribution in [0, 0.1) is 11.7 Å². The summed E-state index contributed by atoms with van der Waals surface area (Å²) in [7, 11) is 0. The molecule has 1 aliphatic heterocycles. The van der Waals surface area contributed by atoms with E-state index in [2.05, 4.69) is 5.32 Å². The number of likely N-dealkylation sites (tertiary alicyclic amines) is 1. The average molecular weight is 296 g/mol. The second kappa shape index (κ2) is 6.76. The fourth-order valence-electron chi connectivity index (χ4n) is 2.30. The number of hydrogen-bond acceptors (Lipinski definition) is 3. The monoisotopic (exact) mass is 296 g/mol. The van der Waals surface area contributed by atoms with Crippen molar-refractivity contribution < 1.29 is 19.0 Å². The minimum atomic E-state index is -0.528. The van der Waals surface area contributed by atoms with Gasteiger partial charge in [0.05, 0.1) is 11.8 Å². The molecule has 5 nitrogen and oxygen atoms in total. The van der Waals surface area contributed by atoms with E-state index in [4.69, 9.17) is 9.84 Å². The van der Waals surface area contributed by atoms with Crippen LogP contribution in [0.2, 0.25) is 0 Å². The van der Waals surface area contributed by atoms with Crippen LogP contribution in [0.25, 0.3) is 0 Å². The third kappa shape index (κ3) is 4.07. The summed E-state index contributed by atoms with van der Waals surface area (Å²) in [6.07, 6.45) is 0.734. The Hall–Kier alpha value is -1.82. The van der Waals surface area contributed by atoms with E-state index in [1.54, 1.807) is 11.0 Å². The number of benzene rings is 1. The lowest BCUT2D eigenvalue weighted by Gasteiger charge is -2.18. The normalized spacial score (nSPS) is 18.1. The first-order valence-corrected chi connectivity index (χ1v) is 7.12. The summed E-state index contributed by atoms with van der Waals surface area (Å²) in [4.78, 5) is 13.6. The molecule has 1 aromatic carbocycles. The molecule has 0 radical (unpaired) electrons. The van der Waals surface area contributed by atoms with Gasteiger partial charge in [-0.1, -0.05) is 0 Å². The van der Waals surface area contributed by atoms with Crippen molar-refractivity contribution in [3.05, 3.63) is 24.0 Å². The number of amides is 2. The van der Waals surface area contributed by atoms with Gasteiger partial charge in [-0.05, 0) is 32.4 Å². The Labute approximate surface area is 123 Å². The fourth-order valence-corrected chi connectivity index (χ4v) is 2.30. The Morgan fingerprint density at radius 1 is 1.57 bits per heavy atom. The fraction of sp³-hybridized carbons (Fsp3) is 0.533. The Bertz CT molecular complexity index is 508. The predicted molar refractivity (Wildman–Crippen MR) is 77.9 cm³/mol. The number of aliphatic hydroxyl groups is 1. The van der Waals surface area contributed by atoms with Gasteiger partial charge in [0.15, 0.2) is 0 Å². The number of halogens is 1. The van der Waals surface area contributed by atoms with Gasteiger partial charge in [-0.15, -0.1) is 0 Å². The Kier molecular flexibility index (Phi) is 5.01. The molecule has 1 unspecified atom stereocenters. The lowest BCUT2D eigenvalue weighted by atomic mass is 10.1. The molecule has 2 N–H and O–H groups in total. The summed E-state index contributed by atoms with van der Waals surface area (Å²) in [5, 5.41) is 11.6. The minimum Gasteiger partial charge on any atom is -0.491 e. The molecule has 1 heterocycles. The largest absolute Gasteiger partial charge is 0.491 e. The third-order valence-electron chi connectivity index (χ3n) is 3.39. The molecule has 1 atom stereocenters. The summed E-state index contributed by atoms with van der Waals surface area (Å²) in [5.41, 5.74) is 0.128. The van der Waals surface area contributed by atoms with E-state index in [1.807, 2.05) is 13.8 Å². The Morgan fingerprint density at radius 3 is 2.90 bits per heavy atom. The van der Waals surface area contributed by atoms with Crippen LogP contribution in [0.15, 0.2) is 18.2 Å². The number of urea groups is 1. The zero-order valence-corrected chi connectivity index (χ0v) is 12.3. The molecule has 1 aliphatic rings. The highest BCUT2D eigenvalue weighted by molar-refractivity contribution is 5.89. The first-order valence-electron chi connectivity index (χ1n) is 7.12. The van der Waals surface area contributed by atoms with E-state index in [0.717, 1.165) is 6.42 Å². The van der Waals surface area contributed by atoms with E-state index in [-0.39, 0.29) is 30.3 Å². The van der Waals surface area contributed by atoms with Crippen LogP contribution in [-0.4, -0.2) is 41.8 Å². The average Bonchev–Trinajstić information content (AvgIpc) is 2.90. The highest BCUT2D eigenvalue weighted by atomic mass is 19.1. The van der Waals surface area contributed by atoms with Crippen LogP contribution >= 0.6 is 0 Å². The van der Waals surface area contributed by atoms with Crippen molar-refractivity contribution >= 4 is 11.7 Å². The molecular weight excluding hydrogens is 275 g/mol. The Balaban J connectivity index is 1.98. The highest BCUT2D eigenvalue weighted by Crippen LogP contribution is 2.23. The molecule has 6 heteroatoms. The summed E-state index contributed by atoms with van der Waals surface area (Å²) in [6.45, 7) is 4.86. The molecule has 0 spiro atoms. The number of aliphatic hydroxyl groups excluding tert-OH is 1. The molecule has 0 aromatic heterocycles. The van der Waals surface area contributed by atoms with Crippen molar-refractivity contribution in [2.45, 2.75) is 26.4 Å². The minimum absolute atomic E-state index is 0.0372. The van der Waals surface area contributed by atoms with Crippen molar-refractivity contribution in [2.75, 3.05) is 25.0 Å². The number of ether oxygens (including phenoxy) is 1. The second-order valence-corrected chi connectivity index (χ2v) is 5.52. The molecule has 1 fully saturated rings. The number of carbonyl (C=O) groups excluding carboxylic acids is 1. The van der Waals surface area contributed by atoms with Crippen LogP contribution in [0.5, 0.6) is 5.75 Å². The standard InChI is InChI=1S/C15H21FN2O3/c1-10(2)21-12-3-4-14(13(16)7-12)17-15(20)18-6-5-11(8-18)9-19/h3-4,7,10-11,19H,5-6,8-9H2,1-2H3,(H,17,20). The molecule has 116 valence electrons. The molecule has 0 saturated carbocycles. The molecule has 0 aliphatic carbocycles. The van der Waals surface area contributed by atoms with Crippen LogP contribution in [0.1, 0.15) is 20.3 Å². The lowest BCUT2D eigenvalue weighted by molar-refractivity contribution is 0.208. The van der Waals surface area contributed by atoms with Gasteiger partial charge in [0.1, 0.15) is 11.6 Å². The van der Waals surface area contributed by atoms with E-state index < -0.39 is 5.82 Å². The second-order valence-electron chi connectivity index (χ2n) is 5.52. The third-order valence-corrected chi connectivity index (χ3v) is 3.39. The van der Waals surface area contributed by atoms with Crippen molar-refractivity contribution in [3.63, 3.8) is 0 Å². The number of nitrogens with one attached hydrogen (secondary N) is 1. The quantitative estimate of drug-likeness (QED) is 0.897. The van der Waals surface area contributed by atoms with E-state index in [9.17, 15) is 9.18 Å². The maximum absolute atomic E-state index is 13.9. The van der Waals surface area contributed by atoms with E-state index in [1.165, 1.54) is 12.1 Å². The molecular formula is C15H21FN2O3. The van der Waals surface area contributed by atoms with Crippen molar-refractivity contribution in [3.8, 4) is 5.75 Å². The van der Waals surface area contributed by atoms with Crippen LogP contribution in [0.4, 0.5) is 14.9 Å². The van der Waals surface area contributed by atoms with E-state index >= 15 is 0 Å². The number of carbonyl (C=O) groups is 1. The van der Waals surface area contributed by atoms with Crippen LogP contribution in [-0.2, 0) is 0 Å². The molecule has 0 bridgehead atoms. The van der Waals surface area contributed by atoms with Crippen LogP contribution < -0.4 is 10.1 Å². The molecule has 1 saturated heterocycles. The van der Waals surface area contributed by atoms with Gasteiger partial charge in [-0.25, -0.2) is 9.18 Å². The zero-order valence-electron chi connectivity index (χ0n) is 12.3. The van der Waals surface area contributed by atoms with Gasteiger partial charge in [-0.3, -0.25) is 0 Å². The first kappa shape index (κ1) is 15.6. The predicted octanol–water partition coefficient (Wildman–Crippen LogP) is 2.46. The van der Waals surface area contributed by atoms with Crippen molar-refractivity contribution in [1.29, 1.82) is 0 Å². The highest BCUT2D eigenvalue weighted by Gasteiger charge is 2.26.